The Labute approximate surface area is 156 Å². The number of rotatable bonds is 5. The van der Waals surface area contributed by atoms with Crippen LogP contribution in [0.2, 0.25) is 0 Å². The zero-order chi connectivity index (χ0) is 17.8. The van der Waals surface area contributed by atoms with Crippen molar-refractivity contribution in [3.63, 3.8) is 0 Å². The summed E-state index contributed by atoms with van der Waals surface area (Å²) in [7, 11) is 0. The van der Waals surface area contributed by atoms with Crippen molar-refractivity contribution in [3.8, 4) is 0 Å². The zero-order valence-electron chi connectivity index (χ0n) is 13.0. The third-order valence-corrected chi connectivity index (χ3v) is 4.65. The molecule has 3 aromatic rings. The van der Waals surface area contributed by atoms with E-state index in [0.29, 0.717) is 5.82 Å². The Balaban J connectivity index is 1.94. The van der Waals surface area contributed by atoms with E-state index in [0.717, 1.165) is 14.9 Å². The molecule has 0 unspecified atom stereocenters. The molecule has 1 N–H and O–H groups in total. The summed E-state index contributed by atoms with van der Waals surface area (Å²) in [4.78, 5) is 24.2. The first-order chi connectivity index (χ1) is 12.0. The highest BCUT2D eigenvalue weighted by molar-refractivity contribution is 9.10. The minimum absolute atomic E-state index is 0.101. The molecule has 0 saturated heterocycles. The highest BCUT2D eigenvalue weighted by Crippen LogP contribution is 2.37. The average Bonchev–Trinajstić information content (AvgIpc) is 2.59. The molecule has 0 bridgehead atoms. The van der Waals surface area contributed by atoms with E-state index in [9.17, 15) is 10.1 Å². The van der Waals surface area contributed by atoms with Crippen molar-refractivity contribution in [3.05, 3.63) is 69.1 Å². The Morgan fingerprint density at radius 2 is 1.88 bits per heavy atom. The van der Waals surface area contributed by atoms with E-state index in [-0.39, 0.29) is 16.5 Å². The van der Waals surface area contributed by atoms with Crippen molar-refractivity contribution < 1.29 is 4.92 Å². The third-order valence-electron chi connectivity index (χ3n) is 3.18. The van der Waals surface area contributed by atoms with Crippen LogP contribution in [0, 0.1) is 17.0 Å². The van der Waals surface area contributed by atoms with Gasteiger partial charge in [0, 0.05) is 15.6 Å². The monoisotopic (exact) mass is 417 g/mol. The molecule has 0 aliphatic carbocycles. The number of anilines is 2. The van der Waals surface area contributed by atoms with E-state index < -0.39 is 4.92 Å². The van der Waals surface area contributed by atoms with Crippen molar-refractivity contribution >= 4 is 45.0 Å². The second-order valence-corrected chi connectivity index (χ2v) is 7.01. The lowest BCUT2D eigenvalue weighted by atomic mass is 10.2. The number of nitrogens with zero attached hydrogens (tertiary/aromatic N) is 4. The minimum Gasteiger partial charge on any atom is -0.319 e. The van der Waals surface area contributed by atoms with Crippen molar-refractivity contribution in [1.82, 2.24) is 15.0 Å². The number of hydrogen-bond acceptors (Lipinski definition) is 7. The van der Waals surface area contributed by atoms with Gasteiger partial charge in [0.2, 0.25) is 5.82 Å². The van der Waals surface area contributed by atoms with E-state index in [1.165, 1.54) is 18.1 Å². The molecule has 0 amide bonds. The van der Waals surface area contributed by atoms with E-state index in [1.54, 1.807) is 18.3 Å². The second kappa shape index (κ2) is 7.58. The van der Waals surface area contributed by atoms with E-state index >= 15 is 0 Å². The van der Waals surface area contributed by atoms with Gasteiger partial charge in [0.1, 0.15) is 12.1 Å². The molecular formula is C16H12BrN5O2S. The Morgan fingerprint density at radius 1 is 1.12 bits per heavy atom. The van der Waals surface area contributed by atoms with Gasteiger partial charge in [-0.1, -0.05) is 29.5 Å². The topological polar surface area (TPSA) is 93.8 Å². The van der Waals surface area contributed by atoms with Crippen molar-refractivity contribution in [1.29, 1.82) is 0 Å². The number of aromatic nitrogens is 3. The first-order valence-corrected chi connectivity index (χ1v) is 8.76. The van der Waals surface area contributed by atoms with E-state index in [2.05, 4.69) is 36.2 Å². The number of halogens is 1. The first-order valence-electron chi connectivity index (χ1n) is 7.15. The van der Waals surface area contributed by atoms with Crippen LogP contribution in [-0.4, -0.2) is 19.9 Å². The molecule has 2 heterocycles. The van der Waals surface area contributed by atoms with Gasteiger partial charge in [-0.05, 0) is 47.1 Å². The maximum Gasteiger partial charge on any atom is 0.343 e. The number of aryl methyl sites for hydroxylation is 1. The van der Waals surface area contributed by atoms with Crippen LogP contribution in [0.15, 0.2) is 63.3 Å². The predicted molar refractivity (Wildman–Crippen MR) is 99.2 cm³/mol. The Hall–Kier alpha value is -2.52. The average molecular weight is 418 g/mol. The number of nitrogens with one attached hydrogen (secondary N) is 1. The van der Waals surface area contributed by atoms with Gasteiger partial charge in [-0.15, -0.1) is 0 Å². The molecule has 0 spiro atoms. The van der Waals surface area contributed by atoms with Gasteiger partial charge in [-0.25, -0.2) is 15.0 Å². The van der Waals surface area contributed by atoms with Crippen LogP contribution in [0.3, 0.4) is 0 Å². The fraction of sp³-hybridized carbons (Fsp3) is 0.0625. The molecule has 0 atom stereocenters. The smallest absolute Gasteiger partial charge is 0.319 e. The van der Waals surface area contributed by atoms with Crippen LogP contribution in [0.25, 0.3) is 0 Å². The van der Waals surface area contributed by atoms with Gasteiger partial charge in [0.15, 0.2) is 5.03 Å². The van der Waals surface area contributed by atoms with Crippen LogP contribution < -0.4 is 5.32 Å². The molecule has 0 aliphatic rings. The van der Waals surface area contributed by atoms with Gasteiger partial charge in [0.05, 0.1) is 4.92 Å². The number of benzene rings is 1. The summed E-state index contributed by atoms with van der Waals surface area (Å²) in [5.41, 5.74) is 0.933. The molecule has 1 aromatic carbocycles. The lowest BCUT2D eigenvalue weighted by Gasteiger charge is -2.08. The minimum atomic E-state index is -0.488. The quantitative estimate of drug-likeness (QED) is 0.363. The van der Waals surface area contributed by atoms with Crippen LogP contribution in [0.4, 0.5) is 17.3 Å². The van der Waals surface area contributed by atoms with Gasteiger partial charge >= 0.3 is 5.69 Å². The molecular weight excluding hydrogens is 406 g/mol. The SMILES string of the molecule is Cc1ccc(Sc2ncnc(Nc3ccc(Br)cn3)c2[N+](=O)[O-])cc1. The molecule has 3 rings (SSSR count). The van der Waals surface area contributed by atoms with Crippen molar-refractivity contribution in [2.75, 3.05) is 5.32 Å². The molecule has 0 fully saturated rings. The molecule has 2 aromatic heterocycles. The molecule has 0 aliphatic heterocycles. The molecule has 126 valence electrons. The van der Waals surface area contributed by atoms with Crippen LogP contribution >= 0.6 is 27.7 Å². The highest BCUT2D eigenvalue weighted by Gasteiger charge is 2.24. The van der Waals surface area contributed by atoms with Crippen LogP contribution in [0.1, 0.15) is 5.56 Å². The third kappa shape index (κ3) is 4.31. The second-order valence-electron chi connectivity index (χ2n) is 5.03. The maximum absolute atomic E-state index is 11.6. The molecule has 0 saturated carbocycles. The summed E-state index contributed by atoms with van der Waals surface area (Å²) in [5.74, 6) is 0.556. The van der Waals surface area contributed by atoms with Gasteiger partial charge in [-0.2, -0.15) is 0 Å². The number of nitro groups is 1. The summed E-state index contributed by atoms with van der Waals surface area (Å²) in [6, 6.07) is 11.2. The Bertz CT molecular complexity index is 838. The Kier molecular flexibility index (Phi) is 5.25. The van der Waals surface area contributed by atoms with Crippen LogP contribution in [-0.2, 0) is 0 Å². The lowest BCUT2D eigenvalue weighted by molar-refractivity contribution is -0.387. The van der Waals surface area contributed by atoms with Gasteiger partial charge < -0.3 is 5.32 Å². The molecule has 7 nitrogen and oxygen atoms in total. The normalized spacial score (nSPS) is 10.5. The van der Waals surface area contributed by atoms with Gasteiger partial charge in [0.25, 0.3) is 0 Å². The molecule has 9 heteroatoms. The summed E-state index contributed by atoms with van der Waals surface area (Å²) < 4.78 is 0.811. The predicted octanol–water partition coefficient (Wildman–Crippen LogP) is 4.75. The van der Waals surface area contributed by atoms with Crippen LogP contribution in [0.5, 0.6) is 0 Å². The summed E-state index contributed by atoms with van der Waals surface area (Å²) >= 11 is 4.51. The number of pyridine rings is 1. The lowest BCUT2D eigenvalue weighted by Crippen LogP contribution is -2.03. The molecule has 25 heavy (non-hydrogen) atoms. The summed E-state index contributed by atoms with van der Waals surface area (Å²) in [5, 5.41) is 14.7. The first kappa shape index (κ1) is 17.3. The van der Waals surface area contributed by atoms with Gasteiger partial charge in [-0.3, -0.25) is 10.1 Å². The van der Waals surface area contributed by atoms with Crippen molar-refractivity contribution in [2.45, 2.75) is 16.8 Å². The largest absolute Gasteiger partial charge is 0.343 e. The fourth-order valence-electron chi connectivity index (χ4n) is 1.98. The summed E-state index contributed by atoms with van der Waals surface area (Å²) in [6.07, 6.45) is 2.89. The zero-order valence-corrected chi connectivity index (χ0v) is 15.4. The van der Waals surface area contributed by atoms with E-state index in [4.69, 9.17) is 0 Å². The Morgan fingerprint density at radius 3 is 2.52 bits per heavy atom. The maximum atomic E-state index is 11.6. The van der Waals surface area contributed by atoms with E-state index in [1.807, 2.05) is 31.2 Å². The fourth-order valence-corrected chi connectivity index (χ4v) is 3.08. The highest BCUT2D eigenvalue weighted by atomic mass is 79.9. The number of hydrogen-bond donors (Lipinski definition) is 1. The molecule has 0 radical (unpaired) electrons. The summed E-state index contributed by atoms with van der Waals surface area (Å²) in [6.45, 7) is 1.98. The standard InChI is InChI=1S/C16H12BrN5O2S/c1-10-2-5-12(6-3-10)25-16-14(22(23)24)15(19-9-20-16)21-13-7-4-11(17)8-18-13/h2-9H,1H3,(H,18,19,20,21). The van der Waals surface area contributed by atoms with Crippen molar-refractivity contribution in [2.24, 2.45) is 0 Å².